The number of hydrogen-bond donors (Lipinski definition) is 2. The molecule has 3 rings (SSSR count). The molecular formula is C17H15N3OS. The lowest BCUT2D eigenvalue weighted by Crippen LogP contribution is -2.28. The Morgan fingerprint density at radius 3 is 2.50 bits per heavy atom. The Balaban J connectivity index is 1.55. The molecule has 0 unspecified atom stereocenters. The zero-order valence-electron chi connectivity index (χ0n) is 11.8. The van der Waals surface area contributed by atoms with E-state index in [0.29, 0.717) is 6.54 Å². The van der Waals surface area contributed by atoms with Crippen LogP contribution in [0.5, 0.6) is 0 Å². The Morgan fingerprint density at radius 2 is 1.82 bits per heavy atom. The van der Waals surface area contributed by atoms with Gasteiger partial charge in [-0.3, -0.25) is 0 Å². The van der Waals surface area contributed by atoms with Crippen molar-refractivity contribution in [2.24, 2.45) is 0 Å². The average Bonchev–Trinajstić information content (AvgIpc) is 3.09. The van der Waals surface area contributed by atoms with E-state index < -0.39 is 0 Å². The van der Waals surface area contributed by atoms with E-state index in [1.165, 1.54) is 0 Å². The maximum Gasteiger partial charge on any atom is 0.319 e. The fourth-order valence-electron chi connectivity index (χ4n) is 2.02. The molecule has 1 heterocycles. The summed E-state index contributed by atoms with van der Waals surface area (Å²) in [4.78, 5) is 16.1. The molecule has 0 aliphatic carbocycles. The normalized spacial score (nSPS) is 10.2. The fourth-order valence-corrected chi connectivity index (χ4v) is 2.66. The summed E-state index contributed by atoms with van der Waals surface area (Å²) < 4.78 is 0. The Morgan fingerprint density at radius 1 is 1.05 bits per heavy atom. The predicted molar refractivity (Wildman–Crippen MR) is 89.9 cm³/mol. The molecule has 3 aromatic rings. The zero-order valence-corrected chi connectivity index (χ0v) is 12.6. The maximum absolute atomic E-state index is 11.9. The standard InChI is InChI=1S/C17H15N3OS/c21-17(19-12-13-4-2-1-3-5-13)20-15-8-6-14(7-9-15)16-18-10-11-22-16/h1-11H,12H2,(H2,19,20,21). The summed E-state index contributed by atoms with van der Waals surface area (Å²) in [5, 5.41) is 8.56. The first kappa shape index (κ1) is 14.3. The van der Waals surface area contributed by atoms with Crippen LogP contribution in [0.15, 0.2) is 66.2 Å². The van der Waals surface area contributed by atoms with E-state index in [2.05, 4.69) is 15.6 Å². The highest BCUT2D eigenvalue weighted by atomic mass is 32.1. The van der Waals surface area contributed by atoms with Crippen molar-refractivity contribution in [3.05, 3.63) is 71.7 Å². The lowest BCUT2D eigenvalue weighted by Gasteiger charge is -2.08. The van der Waals surface area contributed by atoms with E-state index in [0.717, 1.165) is 21.8 Å². The molecule has 1 aromatic heterocycles. The molecule has 0 aliphatic heterocycles. The van der Waals surface area contributed by atoms with E-state index in [-0.39, 0.29) is 6.03 Å². The molecule has 0 spiro atoms. The highest BCUT2D eigenvalue weighted by molar-refractivity contribution is 7.13. The number of anilines is 1. The first-order valence-electron chi connectivity index (χ1n) is 6.90. The van der Waals surface area contributed by atoms with Gasteiger partial charge in [-0.1, -0.05) is 30.3 Å². The maximum atomic E-state index is 11.9. The Hall–Kier alpha value is -2.66. The van der Waals surface area contributed by atoms with Crippen LogP contribution in [-0.4, -0.2) is 11.0 Å². The monoisotopic (exact) mass is 309 g/mol. The van der Waals surface area contributed by atoms with Crippen LogP contribution in [0, 0.1) is 0 Å². The summed E-state index contributed by atoms with van der Waals surface area (Å²) in [7, 11) is 0. The number of aromatic nitrogens is 1. The van der Waals surface area contributed by atoms with Gasteiger partial charge in [0.2, 0.25) is 0 Å². The van der Waals surface area contributed by atoms with Gasteiger partial charge in [-0.25, -0.2) is 9.78 Å². The van der Waals surface area contributed by atoms with Crippen LogP contribution < -0.4 is 10.6 Å². The van der Waals surface area contributed by atoms with Crippen molar-refractivity contribution in [2.75, 3.05) is 5.32 Å². The van der Waals surface area contributed by atoms with Crippen LogP contribution in [0.2, 0.25) is 0 Å². The van der Waals surface area contributed by atoms with Crippen molar-refractivity contribution >= 4 is 23.1 Å². The van der Waals surface area contributed by atoms with Crippen molar-refractivity contribution in [3.63, 3.8) is 0 Å². The molecule has 0 atom stereocenters. The molecule has 0 radical (unpaired) electrons. The summed E-state index contributed by atoms with van der Waals surface area (Å²) in [5.41, 5.74) is 2.87. The third-order valence-electron chi connectivity index (χ3n) is 3.12. The van der Waals surface area contributed by atoms with Crippen molar-refractivity contribution in [3.8, 4) is 10.6 Å². The van der Waals surface area contributed by atoms with Gasteiger partial charge in [0, 0.05) is 29.4 Å². The average molecular weight is 309 g/mol. The number of thiazole rings is 1. The van der Waals surface area contributed by atoms with E-state index in [4.69, 9.17) is 0 Å². The number of carbonyl (C=O) groups is 1. The third-order valence-corrected chi connectivity index (χ3v) is 3.94. The lowest BCUT2D eigenvalue weighted by molar-refractivity contribution is 0.251. The zero-order chi connectivity index (χ0) is 15.2. The quantitative estimate of drug-likeness (QED) is 0.761. The topological polar surface area (TPSA) is 54.0 Å². The van der Waals surface area contributed by atoms with Gasteiger partial charge in [0.05, 0.1) is 0 Å². The number of urea groups is 1. The van der Waals surface area contributed by atoms with Crippen molar-refractivity contribution in [2.45, 2.75) is 6.54 Å². The number of nitrogens with zero attached hydrogens (tertiary/aromatic N) is 1. The SMILES string of the molecule is O=C(NCc1ccccc1)Nc1ccc(-c2nccs2)cc1. The number of rotatable bonds is 4. The summed E-state index contributed by atoms with van der Waals surface area (Å²) in [6.07, 6.45) is 1.78. The van der Waals surface area contributed by atoms with Crippen LogP contribution in [-0.2, 0) is 6.54 Å². The second-order valence-corrected chi connectivity index (χ2v) is 5.60. The van der Waals surface area contributed by atoms with Crippen LogP contribution in [0.25, 0.3) is 10.6 Å². The molecule has 0 fully saturated rings. The second kappa shape index (κ2) is 6.87. The van der Waals surface area contributed by atoms with E-state index in [1.54, 1.807) is 17.5 Å². The second-order valence-electron chi connectivity index (χ2n) is 4.71. The van der Waals surface area contributed by atoms with Gasteiger partial charge in [-0.05, 0) is 29.8 Å². The summed E-state index contributed by atoms with van der Waals surface area (Å²) in [6.45, 7) is 0.504. The summed E-state index contributed by atoms with van der Waals surface area (Å²) in [5.74, 6) is 0. The Bertz CT molecular complexity index is 724. The number of carbonyl (C=O) groups excluding carboxylic acids is 1. The van der Waals surface area contributed by atoms with Gasteiger partial charge >= 0.3 is 6.03 Å². The van der Waals surface area contributed by atoms with Crippen LogP contribution in [0.3, 0.4) is 0 Å². The first-order valence-corrected chi connectivity index (χ1v) is 7.78. The van der Waals surface area contributed by atoms with Crippen LogP contribution >= 0.6 is 11.3 Å². The molecule has 0 aliphatic rings. The number of hydrogen-bond acceptors (Lipinski definition) is 3. The number of benzene rings is 2. The van der Waals surface area contributed by atoms with Gasteiger partial charge in [0.1, 0.15) is 5.01 Å². The lowest BCUT2D eigenvalue weighted by atomic mass is 10.2. The van der Waals surface area contributed by atoms with Gasteiger partial charge in [0.25, 0.3) is 0 Å². The molecule has 2 N–H and O–H groups in total. The first-order chi connectivity index (χ1) is 10.8. The minimum Gasteiger partial charge on any atom is -0.334 e. The molecule has 2 amide bonds. The number of nitrogens with one attached hydrogen (secondary N) is 2. The van der Waals surface area contributed by atoms with Gasteiger partial charge in [0.15, 0.2) is 0 Å². The molecule has 5 heteroatoms. The van der Waals surface area contributed by atoms with Crippen LogP contribution in [0.4, 0.5) is 10.5 Å². The molecular weight excluding hydrogens is 294 g/mol. The van der Waals surface area contributed by atoms with Crippen molar-refractivity contribution < 1.29 is 4.79 Å². The minimum absolute atomic E-state index is 0.217. The van der Waals surface area contributed by atoms with Crippen molar-refractivity contribution in [1.82, 2.24) is 10.3 Å². The molecule has 0 saturated carbocycles. The van der Waals surface area contributed by atoms with E-state index in [1.807, 2.05) is 60.0 Å². The smallest absolute Gasteiger partial charge is 0.319 e. The highest BCUT2D eigenvalue weighted by Gasteiger charge is 2.03. The summed E-state index contributed by atoms with van der Waals surface area (Å²) >= 11 is 1.59. The minimum atomic E-state index is -0.217. The van der Waals surface area contributed by atoms with Crippen molar-refractivity contribution in [1.29, 1.82) is 0 Å². The Labute approximate surface area is 132 Å². The van der Waals surface area contributed by atoms with E-state index in [9.17, 15) is 4.79 Å². The summed E-state index contributed by atoms with van der Waals surface area (Å²) in [6, 6.07) is 17.2. The fraction of sp³-hybridized carbons (Fsp3) is 0.0588. The van der Waals surface area contributed by atoms with Gasteiger partial charge < -0.3 is 10.6 Å². The largest absolute Gasteiger partial charge is 0.334 e. The number of amides is 2. The predicted octanol–water partition coefficient (Wildman–Crippen LogP) is 4.13. The van der Waals surface area contributed by atoms with Gasteiger partial charge in [-0.15, -0.1) is 11.3 Å². The third kappa shape index (κ3) is 3.71. The highest BCUT2D eigenvalue weighted by Crippen LogP contribution is 2.23. The van der Waals surface area contributed by atoms with Gasteiger partial charge in [-0.2, -0.15) is 0 Å². The molecule has 0 bridgehead atoms. The molecule has 4 nitrogen and oxygen atoms in total. The molecule has 110 valence electrons. The van der Waals surface area contributed by atoms with Crippen LogP contribution in [0.1, 0.15) is 5.56 Å². The molecule has 0 saturated heterocycles. The molecule has 22 heavy (non-hydrogen) atoms. The Kier molecular flexibility index (Phi) is 4.46. The molecule has 2 aromatic carbocycles. The van der Waals surface area contributed by atoms with E-state index >= 15 is 0 Å².